The molecule has 10 nitrogen and oxygen atoms in total. The molecule has 0 unspecified atom stereocenters. The molecule has 2 fully saturated rings. The van der Waals surface area contributed by atoms with Crippen LogP contribution in [-0.2, 0) is 6.54 Å². The summed E-state index contributed by atoms with van der Waals surface area (Å²) in [5, 5.41) is 14.1. The standard InChI is InChI=1S/C29H33N7O3/c1-19-6-8-21-16-23(29(37)30-24(21)14-19)27(28-31-32-33-36(28)22-4-2-3-5-22)35-12-10-34(11-13-35)17-20-7-9-25-26(15-20)39-18-38-25/h6-9,14-16,22,27H,2-5,10-13,17-18H2,1H3,(H,30,37)/t27-/m1/s1. The Kier molecular flexibility index (Phi) is 6.28. The van der Waals surface area contributed by atoms with Gasteiger partial charge in [0.15, 0.2) is 17.3 Å². The van der Waals surface area contributed by atoms with Crippen LogP contribution < -0.4 is 15.0 Å². The lowest BCUT2D eigenvalue weighted by Crippen LogP contribution is -2.48. The van der Waals surface area contributed by atoms with E-state index in [1.807, 2.05) is 29.8 Å². The van der Waals surface area contributed by atoms with E-state index in [4.69, 9.17) is 9.47 Å². The topological polar surface area (TPSA) is 101 Å². The molecule has 1 saturated carbocycles. The van der Waals surface area contributed by atoms with Crippen molar-refractivity contribution < 1.29 is 9.47 Å². The summed E-state index contributed by atoms with van der Waals surface area (Å²) in [5.41, 5.74) is 3.79. The predicted octanol–water partition coefficient (Wildman–Crippen LogP) is 3.57. The Bertz CT molecular complexity index is 1550. The van der Waals surface area contributed by atoms with Crippen LogP contribution in [0.25, 0.3) is 10.9 Å². The minimum absolute atomic E-state index is 0.0816. The Hall–Kier alpha value is -3.76. The Morgan fingerprint density at radius 1 is 1.00 bits per heavy atom. The van der Waals surface area contributed by atoms with E-state index in [1.54, 1.807) is 0 Å². The average molecular weight is 528 g/mol. The minimum atomic E-state index is -0.317. The zero-order valence-corrected chi connectivity index (χ0v) is 22.2. The molecule has 4 aromatic rings. The molecule has 2 aromatic heterocycles. The molecule has 1 N–H and O–H groups in total. The van der Waals surface area contributed by atoms with E-state index in [0.717, 1.165) is 79.4 Å². The maximum absolute atomic E-state index is 13.6. The molecule has 202 valence electrons. The Morgan fingerprint density at radius 3 is 2.67 bits per heavy atom. The van der Waals surface area contributed by atoms with Crippen molar-refractivity contribution in [2.24, 2.45) is 0 Å². The van der Waals surface area contributed by atoms with Gasteiger partial charge in [0.05, 0.1) is 6.04 Å². The number of nitrogens with one attached hydrogen (secondary N) is 1. The van der Waals surface area contributed by atoms with Crippen LogP contribution in [-0.4, -0.2) is 68.0 Å². The molecule has 4 heterocycles. The van der Waals surface area contributed by atoms with E-state index in [1.165, 1.54) is 18.4 Å². The number of rotatable bonds is 6. The Morgan fingerprint density at radius 2 is 1.82 bits per heavy atom. The molecule has 0 amide bonds. The van der Waals surface area contributed by atoms with Gasteiger partial charge in [-0.25, -0.2) is 4.68 Å². The third-order valence-corrected chi connectivity index (χ3v) is 8.37. The molecule has 10 heteroatoms. The first kappa shape index (κ1) is 24.3. The number of hydrogen-bond donors (Lipinski definition) is 1. The molecule has 0 bridgehead atoms. The van der Waals surface area contributed by atoms with Gasteiger partial charge >= 0.3 is 0 Å². The van der Waals surface area contributed by atoms with Gasteiger partial charge in [0.1, 0.15) is 6.04 Å². The fourth-order valence-electron chi connectivity index (χ4n) is 6.30. The predicted molar refractivity (Wildman–Crippen MR) is 146 cm³/mol. The number of fused-ring (bicyclic) bond motifs is 2. The van der Waals surface area contributed by atoms with Gasteiger partial charge in [-0.3, -0.25) is 14.6 Å². The van der Waals surface area contributed by atoms with Gasteiger partial charge in [-0.2, -0.15) is 0 Å². The minimum Gasteiger partial charge on any atom is -0.454 e. The van der Waals surface area contributed by atoms with Crippen molar-refractivity contribution in [2.45, 2.75) is 51.2 Å². The second-order valence-electron chi connectivity index (χ2n) is 11.0. The van der Waals surface area contributed by atoms with E-state index in [2.05, 4.69) is 54.6 Å². The van der Waals surface area contributed by atoms with E-state index in [0.29, 0.717) is 5.56 Å². The average Bonchev–Trinajstić information content (AvgIpc) is 3.72. The fraction of sp³-hybridized carbons (Fsp3) is 0.448. The lowest BCUT2D eigenvalue weighted by atomic mass is 10.0. The normalized spacial score (nSPS) is 19.2. The van der Waals surface area contributed by atoms with Gasteiger partial charge in [-0.05, 0) is 71.0 Å². The number of aromatic nitrogens is 5. The van der Waals surface area contributed by atoms with Crippen LogP contribution in [0.3, 0.4) is 0 Å². The highest BCUT2D eigenvalue weighted by molar-refractivity contribution is 5.79. The number of nitrogens with zero attached hydrogens (tertiary/aromatic N) is 6. The molecule has 1 saturated heterocycles. The number of aromatic amines is 1. The van der Waals surface area contributed by atoms with Crippen LogP contribution in [0.1, 0.15) is 60.3 Å². The first-order chi connectivity index (χ1) is 19.1. The van der Waals surface area contributed by atoms with E-state index in [-0.39, 0.29) is 24.4 Å². The number of tetrazole rings is 1. The van der Waals surface area contributed by atoms with Crippen LogP contribution in [0, 0.1) is 6.92 Å². The largest absolute Gasteiger partial charge is 0.454 e. The zero-order chi connectivity index (χ0) is 26.3. The highest BCUT2D eigenvalue weighted by Gasteiger charge is 2.34. The quantitative estimate of drug-likeness (QED) is 0.406. The molecule has 0 spiro atoms. The first-order valence-corrected chi connectivity index (χ1v) is 13.9. The summed E-state index contributed by atoms with van der Waals surface area (Å²) >= 11 is 0. The molecule has 7 rings (SSSR count). The van der Waals surface area contributed by atoms with Crippen LogP contribution in [0.15, 0.2) is 47.3 Å². The number of pyridine rings is 1. The number of H-pyrrole nitrogens is 1. The summed E-state index contributed by atoms with van der Waals surface area (Å²) in [6, 6.07) is 14.3. The number of ether oxygens (including phenoxy) is 2. The maximum atomic E-state index is 13.6. The van der Waals surface area contributed by atoms with Crippen molar-refractivity contribution in [3.05, 3.63) is 75.3 Å². The molecule has 0 radical (unpaired) electrons. The molecule has 3 aliphatic rings. The molecule has 1 atom stereocenters. The van der Waals surface area contributed by atoms with Gasteiger partial charge in [-0.15, -0.1) is 5.10 Å². The Balaban J connectivity index is 1.19. The smallest absolute Gasteiger partial charge is 0.253 e. The maximum Gasteiger partial charge on any atom is 0.253 e. The third kappa shape index (κ3) is 4.68. The van der Waals surface area contributed by atoms with Crippen molar-refractivity contribution >= 4 is 10.9 Å². The lowest BCUT2D eigenvalue weighted by molar-refractivity contribution is 0.0988. The lowest BCUT2D eigenvalue weighted by Gasteiger charge is -2.39. The van der Waals surface area contributed by atoms with Crippen LogP contribution in [0.4, 0.5) is 0 Å². The van der Waals surface area contributed by atoms with E-state index >= 15 is 0 Å². The van der Waals surface area contributed by atoms with Crippen molar-refractivity contribution in [3.63, 3.8) is 0 Å². The summed E-state index contributed by atoms with van der Waals surface area (Å²) in [6.07, 6.45) is 4.51. The molecular formula is C29H33N7O3. The summed E-state index contributed by atoms with van der Waals surface area (Å²) in [5.74, 6) is 2.39. The highest BCUT2D eigenvalue weighted by atomic mass is 16.7. The number of piperazine rings is 1. The summed E-state index contributed by atoms with van der Waals surface area (Å²) in [7, 11) is 0. The van der Waals surface area contributed by atoms with Crippen LogP contribution >= 0.6 is 0 Å². The first-order valence-electron chi connectivity index (χ1n) is 13.9. The van der Waals surface area contributed by atoms with Gasteiger partial charge in [0, 0.05) is 43.8 Å². The molecule has 1 aliphatic carbocycles. The summed E-state index contributed by atoms with van der Waals surface area (Å²) in [6.45, 7) is 6.52. The monoisotopic (exact) mass is 527 g/mol. The summed E-state index contributed by atoms with van der Waals surface area (Å²) in [4.78, 5) is 21.5. The second-order valence-corrected chi connectivity index (χ2v) is 11.0. The van der Waals surface area contributed by atoms with Gasteiger partial charge < -0.3 is 14.5 Å². The summed E-state index contributed by atoms with van der Waals surface area (Å²) < 4.78 is 13.0. The second kappa shape index (κ2) is 10.1. The third-order valence-electron chi connectivity index (χ3n) is 8.37. The molecule has 39 heavy (non-hydrogen) atoms. The van der Waals surface area contributed by atoms with Gasteiger partial charge in [-0.1, -0.05) is 31.0 Å². The van der Waals surface area contributed by atoms with Gasteiger partial charge in [0.2, 0.25) is 6.79 Å². The molecule has 2 aromatic carbocycles. The van der Waals surface area contributed by atoms with Crippen molar-refractivity contribution in [2.75, 3.05) is 33.0 Å². The number of aryl methyl sites for hydroxylation is 1. The molecular weight excluding hydrogens is 494 g/mol. The number of benzene rings is 2. The van der Waals surface area contributed by atoms with Crippen molar-refractivity contribution in [1.82, 2.24) is 35.0 Å². The van der Waals surface area contributed by atoms with Gasteiger partial charge in [0.25, 0.3) is 5.56 Å². The SMILES string of the molecule is Cc1ccc2cc([C@H](c3nnnn3C3CCCC3)N3CCN(Cc4ccc5c(c4)OCO5)CC3)c(=O)[nH]c2c1. The van der Waals surface area contributed by atoms with Crippen molar-refractivity contribution in [1.29, 1.82) is 0 Å². The van der Waals surface area contributed by atoms with E-state index < -0.39 is 0 Å². The van der Waals surface area contributed by atoms with E-state index in [9.17, 15) is 4.79 Å². The number of hydrogen-bond acceptors (Lipinski definition) is 8. The molecule has 2 aliphatic heterocycles. The fourth-order valence-corrected chi connectivity index (χ4v) is 6.30. The van der Waals surface area contributed by atoms with Crippen molar-refractivity contribution in [3.8, 4) is 11.5 Å². The van der Waals surface area contributed by atoms with Crippen LogP contribution in [0.5, 0.6) is 11.5 Å². The van der Waals surface area contributed by atoms with Crippen LogP contribution in [0.2, 0.25) is 0 Å². The zero-order valence-electron chi connectivity index (χ0n) is 22.2. The highest BCUT2D eigenvalue weighted by Crippen LogP contribution is 2.35. The Labute approximate surface area is 226 Å².